The first-order valence-corrected chi connectivity index (χ1v) is 12.5. The normalized spacial score (nSPS) is 18.0. The second-order valence-corrected chi connectivity index (χ2v) is 9.40. The van der Waals surface area contributed by atoms with Gasteiger partial charge in [0.15, 0.2) is 0 Å². The fourth-order valence-corrected chi connectivity index (χ4v) is 5.10. The van der Waals surface area contributed by atoms with Crippen LogP contribution in [0.25, 0.3) is 0 Å². The molecule has 186 valence electrons. The molecular weight excluding hydrogens is 466 g/mol. The molecule has 7 nitrogen and oxygen atoms in total. The minimum atomic E-state index is -0.358. The van der Waals surface area contributed by atoms with Gasteiger partial charge in [-0.05, 0) is 36.6 Å². The van der Waals surface area contributed by atoms with E-state index in [0.717, 1.165) is 48.3 Å². The van der Waals surface area contributed by atoms with Crippen LogP contribution in [-0.2, 0) is 14.3 Å². The maximum atomic E-state index is 13.6. The Hall–Kier alpha value is -2.90. The molecule has 1 aliphatic heterocycles. The van der Waals surface area contributed by atoms with Crippen LogP contribution >= 0.6 is 11.6 Å². The number of carbonyl (C=O) groups excluding carboxylic acids is 2. The van der Waals surface area contributed by atoms with Crippen LogP contribution in [0, 0.1) is 5.92 Å². The van der Waals surface area contributed by atoms with E-state index in [-0.39, 0.29) is 30.3 Å². The van der Waals surface area contributed by atoms with Gasteiger partial charge < -0.3 is 14.4 Å². The van der Waals surface area contributed by atoms with E-state index in [1.165, 1.54) is 5.01 Å². The third-order valence-corrected chi connectivity index (χ3v) is 7.08. The molecule has 1 atom stereocenters. The Morgan fingerprint density at radius 2 is 1.89 bits per heavy atom. The van der Waals surface area contributed by atoms with E-state index in [1.807, 2.05) is 48.5 Å². The van der Waals surface area contributed by atoms with Crippen molar-refractivity contribution in [1.82, 2.24) is 9.91 Å². The highest BCUT2D eigenvalue weighted by Crippen LogP contribution is 2.37. The molecule has 0 radical (unpaired) electrons. The van der Waals surface area contributed by atoms with Crippen LogP contribution in [0.4, 0.5) is 0 Å². The van der Waals surface area contributed by atoms with Gasteiger partial charge in [-0.1, -0.05) is 54.8 Å². The number of nitrogens with zero attached hydrogens (tertiary/aromatic N) is 3. The minimum Gasteiger partial charge on any atom is -0.497 e. The third kappa shape index (κ3) is 5.85. The molecule has 1 saturated carbocycles. The predicted octanol–water partition coefficient (Wildman–Crippen LogP) is 4.69. The number of carbonyl (C=O) groups is 2. The van der Waals surface area contributed by atoms with Crippen molar-refractivity contribution in [2.45, 2.75) is 38.1 Å². The van der Waals surface area contributed by atoms with E-state index in [1.54, 1.807) is 19.1 Å². The van der Waals surface area contributed by atoms with Crippen molar-refractivity contribution >= 4 is 29.1 Å². The summed E-state index contributed by atoms with van der Waals surface area (Å²) in [6.45, 7) is 0.696. The number of ether oxygens (including phenoxy) is 2. The fourth-order valence-electron chi connectivity index (χ4n) is 4.84. The molecule has 0 N–H and O–H groups in total. The zero-order chi connectivity index (χ0) is 24.8. The van der Waals surface area contributed by atoms with E-state index in [4.69, 9.17) is 26.2 Å². The Kier molecular flexibility index (Phi) is 8.42. The molecule has 0 bridgehead atoms. The lowest BCUT2D eigenvalue weighted by molar-refractivity contribution is -0.144. The summed E-state index contributed by atoms with van der Waals surface area (Å²) in [5, 5.41) is 6.82. The predicted molar refractivity (Wildman–Crippen MR) is 136 cm³/mol. The van der Waals surface area contributed by atoms with Crippen molar-refractivity contribution in [3.05, 3.63) is 64.7 Å². The lowest BCUT2D eigenvalue weighted by atomic mass is 9.98. The number of rotatable bonds is 9. The number of hydrogen-bond donors (Lipinski definition) is 0. The summed E-state index contributed by atoms with van der Waals surface area (Å²) in [4.78, 5) is 28.5. The van der Waals surface area contributed by atoms with Gasteiger partial charge in [-0.3, -0.25) is 9.59 Å². The lowest BCUT2D eigenvalue weighted by Crippen LogP contribution is -2.44. The molecule has 2 aromatic carbocycles. The summed E-state index contributed by atoms with van der Waals surface area (Å²) in [6, 6.07) is 14.8. The second-order valence-electron chi connectivity index (χ2n) is 8.99. The van der Waals surface area contributed by atoms with Gasteiger partial charge in [0.05, 0.1) is 25.5 Å². The molecule has 2 amide bonds. The SMILES string of the molecule is COCCN(CC(=O)N1N=C(c2cccc(OC)c2)C[C@H]1c1ccccc1Cl)C(=O)C1CCCC1. The highest BCUT2D eigenvalue weighted by molar-refractivity contribution is 6.31. The highest BCUT2D eigenvalue weighted by Gasteiger charge is 2.36. The molecular formula is C27H32ClN3O4. The van der Waals surface area contributed by atoms with E-state index in [2.05, 4.69) is 0 Å². The summed E-state index contributed by atoms with van der Waals surface area (Å²) in [5.41, 5.74) is 2.48. The van der Waals surface area contributed by atoms with Crippen molar-refractivity contribution in [2.24, 2.45) is 11.0 Å². The van der Waals surface area contributed by atoms with Gasteiger partial charge in [0, 0.05) is 36.6 Å². The average Bonchev–Trinajstić information content (AvgIpc) is 3.57. The number of halogens is 1. The molecule has 4 rings (SSSR count). The van der Waals surface area contributed by atoms with E-state index in [9.17, 15) is 9.59 Å². The fraction of sp³-hybridized carbons (Fsp3) is 0.444. The van der Waals surface area contributed by atoms with Crippen LogP contribution in [0.2, 0.25) is 5.02 Å². The summed E-state index contributed by atoms with van der Waals surface area (Å²) in [7, 11) is 3.21. The van der Waals surface area contributed by atoms with Gasteiger partial charge in [0.1, 0.15) is 12.3 Å². The summed E-state index contributed by atoms with van der Waals surface area (Å²) >= 11 is 6.54. The number of methoxy groups -OCH3 is 2. The van der Waals surface area contributed by atoms with Gasteiger partial charge in [0.25, 0.3) is 5.91 Å². The van der Waals surface area contributed by atoms with Gasteiger partial charge in [-0.15, -0.1) is 0 Å². The van der Waals surface area contributed by atoms with Crippen LogP contribution in [0.1, 0.15) is 49.3 Å². The largest absolute Gasteiger partial charge is 0.497 e. The first-order valence-electron chi connectivity index (χ1n) is 12.1. The topological polar surface area (TPSA) is 71.4 Å². The van der Waals surface area contributed by atoms with Crippen molar-refractivity contribution in [3.63, 3.8) is 0 Å². The molecule has 8 heteroatoms. The van der Waals surface area contributed by atoms with Gasteiger partial charge in [-0.25, -0.2) is 5.01 Å². The Balaban J connectivity index is 1.62. The molecule has 1 fully saturated rings. The Morgan fingerprint density at radius 3 is 2.60 bits per heavy atom. The Bertz CT molecular complexity index is 1080. The zero-order valence-corrected chi connectivity index (χ0v) is 21.0. The molecule has 0 unspecified atom stereocenters. The summed E-state index contributed by atoms with van der Waals surface area (Å²) < 4.78 is 10.6. The van der Waals surface area contributed by atoms with Gasteiger partial charge in [-0.2, -0.15) is 5.10 Å². The minimum absolute atomic E-state index is 0.0200. The van der Waals surface area contributed by atoms with Crippen LogP contribution < -0.4 is 4.74 Å². The quantitative estimate of drug-likeness (QED) is 0.504. The van der Waals surface area contributed by atoms with Crippen molar-refractivity contribution < 1.29 is 19.1 Å². The summed E-state index contributed by atoms with van der Waals surface area (Å²) in [6.07, 6.45) is 4.37. The highest BCUT2D eigenvalue weighted by atomic mass is 35.5. The van der Waals surface area contributed by atoms with Gasteiger partial charge >= 0.3 is 0 Å². The lowest BCUT2D eigenvalue weighted by Gasteiger charge is -2.28. The van der Waals surface area contributed by atoms with Crippen LogP contribution in [0.5, 0.6) is 5.75 Å². The molecule has 2 aliphatic rings. The van der Waals surface area contributed by atoms with Crippen molar-refractivity contribution in [2.75, 3.05) is 33.9 Å². The van der Waals surface area contributed by atoms with E-state index >= 15 is 0 Å². The maximum absolute atomic E-state index is 13.6. The van der Waals surface area contributed by atoms with E-state index in [0.29, 0.717) is 24.6 Å². The van der Waals surface area contributed by atoms with Crippen molar-refractivity contribution in [1.29, 1.82) is 0 Å². The maximum Gasteiger partial charge on any atom is 0.262 e. The Labute approximate surface area is 211 Å². The number of benzene rings is 2. The number of hydrazone groups is 1. The smallest absolute Gasteiger partial charge is 0.262 e. The van der Waals surface area contributed by atoms with Crippen LogP contribution in [0.15, 0.2) is 53.6 Å². The zero-order valence-electron chi connectivity index (χ0n) is 20.3. The molecule has 0 saturated heterocycles. The van der Waals surface area contributed by atoms with Gasteiger partial charge in [0.2, 0.25) is 5.91 Å². The molecule has 1 aliphatic carbocycles. The Morgan fingerprint density at radius 1 is 1.11 bits per heavy atom. The van der Waals surface area contributed by atoms with E-state index < -0.39 is 0 Å². The molecule has 0 aromatic heterocycles. The van der Waals surface area contributed by atoms with Crippen molar-refractivity contribution in [3.8, 4) is 5.75 Å². The summed E-state index contributed by atoms with van der Waals surface area (Å²) in [5.74, 6) is 0.485. The standard InChI is InChI=1S/C27H32ClN3O4/c1-34-15-14-30(27(33)19-8-3-4-9-19)18-26(32)31-25(22-12-5-6-13-23(22)28)17-24(29-31)20-10-7-11-21(16-20)35-2/h5-7,10-13,16,19,25H,3-4,8-9,14-15,17-18H2,1-2H3/t25-/m0/s1. The second kappa shape index (κ2) is 11.7. The van der Waals surface area contributed by atoms with Crippen LogP contribution in [0.3, 0.4) is 0 Å². The van der Waals surface area contributed by atoms with Crippen LogP contribution in [-0.4, -0.2) is 61.4 Å². The third-order valence-electron chi connectivity index (χ3n) is 6.74. The molecule has 2 aromatic rings. The monoisotopic (exact) mass is 497 g/mol. The first-order chi connectivity index (χ1) is 17.0. The number of hydrogen-bond acceptors (Lipinski definition) is 5. The number of amides is 2. The molecule has 35 heavy (non-hydrogen) atoms. The molecule has 0 spiro atoms. The average molecular weight is 498 g/mol. The molecule has 1 heterocycles. The first kappa shape index (κ1) is 25.2.